The van der Waals surface area contributed by atoms with Gasteiger partial charge in [-0.1, -0.05) is 29.8 Å². The molecule has 0 amide bonds. The van der Waals surface area contributed by atoms with Crippen LogP contribution >= 0.6 is 11.6 Å². The van der Waals surface area contributed by atoms with E-state index < -0.39 is 5.82 Å². The van der Waals surface area contributed by atoms with Crippen molar-refractivity contribution in [1.82, 2.24) is 0 Å². The molecule has 19 heavy (non-hydrogen) atoms. The van der Waals surface area contributed by atoms with Gasteiger partial charge in [-0.3, -0.25) is 4.79 Å². The number of carbonyl (C=O) groups excluding carboxylic acids is 1. The van der Waals surface area contributed by atoms with Crippen LogP contribution < -0.4 is 0 Å². The van der Waals surface area contributed by atoms with Gasteiger partial charge in [0.2, 0.25) is 0 Å². The lowest BCUT2D eigenvalue weighted by Crippen LogP contribution is -2.04. The molecule has 3 rings (SSSR count). The zero-order valence-electron chi connectivity index (χ0n) is 9.95. The first-order valence-corrected chi connectivity index (χ1v) is 6.23. The molecule has 1 aliphatic rings. The van der Waals surface area contributed by atoms with Crippen LogP contribution in [0.3, 0.4) is 0 Å². The number of carbonyl (C=O) groups is 1. The van der Waals surface area contributed by atoms with Crippen LogP contribution in [0, 0.1) is 5.82 Å². The first-order valence-electron chi connectivity index (χ1n) is 5.85. The number of hydrogen-bond donors (Lipinski definition) is 0. The van der Waals surface area contributed by atoms with Crippen LogP contribution in [0.5, 0.6) is 0 Å². The average Bonchev–Trinajstić information content (AvgIpc) is 2.88. The van der Waals surface area contributed by atoms with E-state index in [1.807, 2.05) is 6.07 Å². The van der Waals surface area contributed by atoms with E-state index >= 15 is 0 Å². The highest BCUT2D eigenvalue weighted by molar-refractivity contribution is 6.35. The predicted octanol–water partition coefficient (Wildman–Crippen LogP) is 3.74. The first kappa shape index (κ1) is 12.3. The van der Waals surface area contributed by atoms with E-state index in [0.29, 0.717) is 18.8 Å². The van der Waals surface area contributed by atoms with E-state index in [1.54, 1.807) is 12.1 Å². The maximum atomic E-state index is 13.4. The minimum Gasteiger partial charge on any atom is -0.372 e. The lowest BCUT2D eigenvalue weighted by Gasteiger charge is -2.06. The molecule has 2 nitrogen and oxygen atoms in total. The van der Waals surface area contributed by atoms with Gasteiger partial charge in [-0.2, -0.15) is 0 Å². The van der Waals surface area contributed by atoms with Crippen molar-refractivity contribution in [3.8, 4) is 0 Å². The van der Waals surface area contributed by atoms with Gasteiger partial charge >= 0.3 is 0 Å². The summed E-state index contributed by atoms with van der Waals surface area (Å²) in [6.45, 7) is 1.08. The molecule has 0 bridgehead atoms. The summed E-state index contributed by atoms with van der Waals surface area (Å²) < 4.78 is 18.7. The number of benzene rings is 2. The molecule has 2 aromatic rings. The molecule has 2 aromatic carbocycles. The molecule has 96 valence electrons. The van der Waals surface area contributed by atoms with Crippen molar-refractivity contribution in [1.29, 1.82) is 0 Å². The highest BCUT2D eigenvalue weighted by atomic mass is 35.5. The van der Waals surface area contributed by atoms with E-state index in [1.165, 1.54) is 18.2 Å². The first-order chi connectivity index (χ1) is 9.16. The Bertz CT molecular complexity index is 667. The Labute approximate surface area is 114 Å². The average molecular weight is 277 g/mol. The quantitative estimate of drug-likeness (QED) is 0.781. The van der Waals surface area contributed by atoms with Crippen molar-refractivity contribution in [2.75, 3.05) is 0 Å². The molecule has 0 saturated heterocycles. The van der Waals surface area contributed by atoms with Gasteiger partial charge in [-0.25, -0.2) is 4.39 Å². The van der Waals surface area contributed by atoms with E-state index in [2.05, 4.69) is 0 Å². The Kier molecular flexibility index (Phi) is 3.09. The molecule has 1 aliphatic heterocycles. The van der Waals surface area contributed by atoms with Crippen LogP contribution in [0.1, 0.15) is 27.0 Å². The fraction of sp³-hybridized carbons (Fsp3) is 0.133. The number of fused-ring (bicyclic) bond motifs is 1. The summed E-state index contributed by atoms with van der Waals surface area (Å²) in [6, 6.07) is 9.60. The third-order valence-corrected chi connectivity index (χ3v) is 3.56. The van der Waals surface area contributed by atoms with Crippen LogP contribution in [-0.4, -0.2) is 5.78 Å². The van der Waals surface area contributed by atoms with Gasteiger partial charge in [0.25, 0.3) is 0 Å². The third-order valence-electron chi connectivity index (χ3n) is 3.18. The van der Waals surface area contributed by atoms with Crippen LogP contribution in [0.15, 0.2) is 36.4 Å². The van der Waals surface area contributed by atoms with Crippen molar-refractivity contribution >= 4 is 17.4 Å². The molecule has 0 radical (unpaired) electrons. The second kappa shape index (κ2) is 4.76. The molecule has 4 heteroatoms. The van der Waals surface area contributed by atoms with Gasteiger partial charge in [0.1, 0.15) is 5.82 Å². The highest BCUT2D eigenvalue weighted by Gasteiger charge is 2.18. The molecular weight excluding hydrogens is 267 g/mol. The van der Waals surface area contributed by atoms with E-state index in [9.17, 15) is 9.18 Å². The lowest BCUT2D eigenvalue weighted by molar-refractivity contribution is 0.103. The molecule has 0 saturated carbocycles. The Balaban J connectivity index is 2.02. The Morgan fingerprint density at radius 1 is 1.16 bits per heavy atom. The summed E-state index contributed by atoms with van der Waals surface area (Å²) in [6.07, 6.45) is 0. The van der Waals surface area contributed by atoms with Gasteiger partial charge in [0.15, 0.2) is 5.78 Å². The fourth-order valence-corrected chi connectivity index (χ4v) is 2.36. The predicted molar refractivity (Wildman–Crippen MR) is 69.8 cm³/mol. The monoisotopic (exact) mass is 276 g/mol. The van der Waals surface area contributed by atoms with Gasteiger partial charge in [-0.05, 0) is 29.3 Å². The summed E-state index contributed by atoms with van der Waals surface area (Å²) >= 11 is 5.83. The number of ketones is 1. The molecule has 0 unspecified atom stereocenters. The smallest absolute Gasteiger partial charge is 0.194 e. The van der Waals surface area contributed by atoms with Crippen LogP contribution in [0.2, 0.25) is 5.02 Å². The Morgan fingerprint density at radius 2 is 1.95 bits per heavy atom. The van der Waals surface area contributed by atoms with Crippen molar-refractivity contribution in [2.24, 2.45) is 0 Å². The second-order valence-corrected chi connectivity index (χ2v) is 4.78. The number of rotatable bonds is 2. The number of hydrogen-bond acceptors (Lipinski definition) is 2. The van der Waals surface area contributed by atoms with Crippen molar-refractivity contribution in [2.45, 2.75) is 13.2 Å². The van der Waals surface area contributed by atoms with E-state index in [4.69, 9.17) is 16.3 Å². The molecule has 0 N–H and O–H groups in total. The van der Waals surface area contributed by atoms with Crippen LogP contribution in [0.4, 0.5) is 4.39 Å². The maximum Gasteiger partial charge on any atom is 0.194 e. The largest absolute Gasteiger partial charge is 0.372 e. The van der Waals surface area contributed by atoms with Crippen molar-refractivity contribution < 1.29 is 13.9 Å². The van der Waals surface area contributed by atoms with Crippen LogP contribution in [0.25, 0.3) is 0 Å². The summed E-state index contributed by atoms with van der Waals surface area (Å²) in [4.78, 5) is 12.3. The summed E-state index contributed by atoms with van der Waals surface area (Å²) in [5, 5.41) is -0.135. The maximum absolute atomic E-state index is 13.4. The number of ether oxygens (including phenoxy) is 1. The molecule has 0 spiro atoms. The molecule has 0 aromatic heterocycles. The standard InChI is InChI=1S/C15H10ClFO2/c16-14-12(2-1-3-13(14)17)15(18)9-4-5-10-7-19-8-11(10)6-9/h1-6H,7-8H2. The van der Waals surface area contributed by atoms with Gasteiger partial charge in [0, 0.05) is 11.1 Å². The van der Waals surface area contributed by atoms with E-state index in [0.717, 1.165) is 11.1 Å². The summed E-state index contributed by atoms with van der Waals surface area (Å²) in [5.41, 5.74) is 2.76. The summed E-state index contributed by atoms with van der Waals surface area (Å²) in [7, 11) is 0. The zero-order chi connectivity index (χ0) is 13.4. The molecule has 0 fully saturated rings. The van der Waals surface area contributed by atoms with E-state index in [-0.39, 0.29) is 16.4 Å². The summed E-state index contributed by atoms with van der Waals surface area (Å²) in [5.74, 6) is -0.865. The highest BCUT2D eigenvalue weighted by Crippen LogP contribution is 2.25. The fourth-order valence-electron chi connectivity index (χ4n) is 2.15. The Morgan fingerprint density at radius 3 is 2.79 bits per heavy atom. The SMILES string of the molecule is O=C(c1ccc2c(c1)COC2)c1cccc(F)c1Cl. The van der Waals surface area contributed by atoms with Crippen LogP contribution in [-0.2, 0) is 18.0 Å². The lowest BCUT2D eigenvalue weighted by atomic mass is 9.99. The minimum atomic E-state index is -0.586. The van der Waals surface area contributed by atoms with Gasteiger partial charge < -0.3 is 4.74 Å². The zero-order valence-corrected chi connectivity index (χ0v) is 10.7. The minimum absolute atomic E-state index is 0.135. The van der Waals surface area contributed by atoms with Crippen molar-refractivity contribution in [3.63, 3.8) is 0 Å². The third kappa shape index (κ3) is 2.15. The normalized spacial score (nSPS) is 13.4. The topological polar surface area (TPSA) is 26.3 Å². The molecule has 0 atom stereocenters. The molecule has 1 heterocycles. The molecule has 0 aliphatic carbocycles. The number of halogens is 2. The van der Waals surface area contributed by atoms with Gasteiger partial charge in [0.05, 0.1) is 18.2 Å². The Hall–Kier alpha value is -1.71. The van der Waals surface area contributed by atoms with Gasteiger partial charge in [-0.15, -0.1) is 0 Å². The molecular formula is C15H10ClFO2. The second-order valence-electron chi connectivity index (χ2n) is 4.41. The van der Waals surface area contributed by atoms with Crippen molar-refractivity contribution in [3.05, 3.63) is 69.5 Å².